The van der Waals surface area contributed by atoms with Gasteiger partial charge >= 0.3 is 7.87 Å². The Morgan fingerprint density at radius 1 is 1.25 bits per heavy atom. The fourth-order valence-corrected chi connectivity index (χ4v) is 5.44. The minimum Gasteiger partial charge on any atom is -0.383 e. The van der Waals surface area contributed by atoms with E-state index in [1.807, 2.05) is 0 Å². The van der Waals surface area contributed by atoms with E-state index in [1.165, 1.54) is 0 Å². The molecule has 1 aliphatic heterocycles. The summed E-state index contributed by atoms with van der Waals surface area (Å²) < 4.78 is 11.9. The van der Waals surface area contributed by atoms with Gasteiger partial charge in [0.2, 0.25) is 0 Å². The fraction of sp³-hybridized carbons (Fsp3) is 1.00. The first-order chi connectivity index (χ1) is 7.65. The van der Waals surface area contributed by atoms with E-state index in [-0.39, 0.29) is 0 Å². The normalized spacial score (nSPS) is 35.2. The molecule has 16 heavy (non-hydrogen) atoms. The molecule has 0 saturated carbocycles. The molecule has 1 heterocycles. The number of hydrogen-bond donors (Lipinski definition) is 0. The van der Waals surface area contributed by atoms with Gasteiger partial charge in [0.25, 0.3) is 0 Å². The molecular weight excluding hydrogens is 240 g/mol. The highest BCUT2D eigenvalue weighted by atomic mass is 35.6. The first kappa shape index (κ1) is 14.5. The Morgan fingerprint density at radius 3 is 2.56 bits per heavy atom. The van der Waals surface area contributed by atoms with Gasteiger partial charge in [0.15, 0.2) is 0 Å². The lowest BCUT2D eigenvalue weighted by molar-refractivity contribution is -0.000402. The third-order valence-electron chi connectivity index (χ3n) is 3.29. The van der Waals surface area contributed by atoms with Crippen molar-refractivity contribution in [3.8, 4) is 0 Å². The van der Waals surface area contributed by atoms with Gasteiger partial charge in [-0.25, -0.2) is 0 Å². The molecule has 0 aromatic carbocycles. The molecule has 3 unspecified atom stereocenters. The van der Waals surface area contributed by atoms with E-state index in [2.05, 4.69) is 20.8 Å². The molecule has 0 bridgehead atoms. The average Bonchev–Trinajstić information content (AvgIpc) is 2.27. The smallest absolute Gasteiger partial charge is 0.383 e. The predicted octanol–water partition coefficient (Wildman–Crippen LogP) is 4.21. The highest BCUT2D eigenvalue weighted by Gasteiger charge is 2.44. The zero-order valence-corrected chi connectivity index (χ0v) is 12.6. The highest BCUT2D eigenvalue weighted by molar-refractivity contribution is 7.13. The quantitative estimate of drug-likeness (QED) is 0.529. The zero-order valence-electron chi connectivity index (χ0n) is 10.8. The Balaban J connectivity index is 2.52. The molecule has 0 aromatic heterocycles. The standard InChI is InChI=1S/C12H25ClO2Si/c1-4-7-9-16(13)14-10-11(6-3)12(15-16)8-5-2/h11-12H,4-10H2,1-3H3. The molecule has 0 aliphatic carbocycles. The molecule has 96 valence electrons. The first-order valence-corrected chi connectivity index (χ1v) is 9.69. The van der Waals surface area contributed by atoms with Gasteiger partial charge in [0, 0.05) is 18.6 Å². The maximum atomic E-state index is 6.50. The van der Waals surface area contributed by atoms with Crippen molar-refractivity contribution < 1.29 is 8.85 Å². The molecule has 0 amide bonds. The molecule has 0 radical (unpaired) electrons. The van der Waals surface area contributed by atoms with Crippen LogP contribution in [-0.4, -0.2) is 20.6 Å². The molecule has 1 rings (SSSR count). The summed E-state index contributed by atoms with van der Waals surface area (Å²) in [5.41, 5.74) is 0. The third kappa shape index (κ3) is 4.02. The summed E-state index contributed by atoms with van der Waals surface area (Å²) in [5, 5.41) is 0. The minimum absolute atomic E-state index is 0.338. The topological polar surface area (TPSA) is 18.5 Å². The van der Waals surface area contributed by atoms with Crippen LogP contribution in [0.4, 0.5) is 0 Å². The summed E-state index contributed by atoms with van der Waals surface area (Å²) >= 11 is 6.50. The van der Waals surface area contributed by atoms with Crippen LogP contribution in [-0.2, 0) is 8.85 Å². The maximum Gasteiger partial charge on any atom is 0.443 e. The van der Waals surface area contributed by atoms with E-state index >= 15 is 0 Å². The van der Waals surface area contributed by atoms with Crippen LogP contribution in [0.5, 0.6) is 0 Å². The van der Waals surface area contributed by atoms with Crippen LogP contribution in [0.1, 0.15) is 52.9 Å². The van der Waals surface area contributed by atoms with Crippen molar-refractivity contribution in [2.45, 2.75) is 65.0 Å². The molecule has 4 heteroatoms. The van der Waals surface area contributed by atoms with Gasteiger partial charge in [-0.3, -0.25) is 0 Å². The van der Waals surface area contributed by atoms with Crippen LogP contribution in [0.3, 0.4) is 0 Å². The summed E-state index contributed by atoms with van der Waals surface area (Å²) in [4.78, 5) is 0. The van der Waals surface area contributed by atoms with E-state index in [4.69, 9.17) is 19.9 Å². The largest absolute Gasteiger partial charge is 0.443 e. The molecule has 2 nitrogen and oxygen atoms in total. The van der Waals surface area contributed by atoms with Crippen molar-refractivity contribution in [3.63, 3.8) is 0 Å². The van der Waals surface area contributed by atoms with Gasteiger partial charge in [-0.05, 0) is 12.8 Å². The van der Waals surface area contributed by atoms with Crippen molar-refractivity contribution >= 4 is 18.9 Å². The predicted molar refractivity (Wildman–Crippen MR) is 70.8 cm³/mol. The second kappa shape index (κ2) is 6.99. The second-order valence-electron chi connectivity index (χ2n) is 4.69. The van der Waals surface area contributed by atoms with E-state index in [0.29, 0.717) is 12.0 Å². The van der Waals surface area contributed by atoms with Crippen molar-refractivity contribution in [1.29, 1.82) is 0 Å². The van der Waals surface area contributed by atoms with Gasteiger partial charge < -0.3 is 8.85 Å². The maximum absolute atomic E-state index is 6.50. The Hall–Kier alpha value is 0.427. The van der Waals surface area contributed by atoms with Crippen LogP contribution >= 0.6 is 11.1 Å². The van der Waals surface area contributed by atoms with E-state index in [9.17, 15) is 0 Å². The molecule has 0 spiro atoms. The van der Waals surface area contributed by atoms with Crippen molar-refractivity contribution in [3.05, 3.63) is 0 Å². The fourth-order valence-electron chi connectivity index (χ4n) is 2.17. The lowest BCUT2D eigenvalue weighted by atomic mass is 9.97. The number of halogens is 1. The number of rotatable bonds is 6. The molecule has 3 atom stereocenters. The third-order valence-corrected chi connectivity index (χ3v) is 6.66. The summed E-state index contributed by atoms with van der Waals surface area (Å²) in [6.45, 7) is 7.39. The monoisotopic (exact) mass is 264 g/mol. The van der Waals surface area contributed by atoms with Crippen molar-refractivity contribution in [1.82, 2.24) is 0 Å². The number of hydrogen-bond acceptors (Lipinski definition) is 2. The van der Waals surface area contributed by atoms with Gasteiger partial charge in [0.1, 0.15) is 0 Å². The summed E-state index contributed by atoms with van der Waals surface area (Å²) in [6, 6.07) is 0.932. The van der Waals surface area contributed by atoms with Crippen molar-refractivity contribution in [2.75, 3.05) is 6.61 Å². The zero-order chi connectivity index (χ0) is 12.0. The van der Waals surface area contributed by atoms with Gasteiger partial charge in [-0.1, -0.05) is 51.1 Å². The van der Waals surface area contributed by atoms with Gasteiger partial charge in [0.05, 0.1) is 6.10 Å². The van der Waals surface area contributed by atoms with Gasteiger partial charge in [-0.2, -0.15) is 0 Å². The first-order valence-electron chi connectivity index (χ1n) is 6.65. The van der Waals surface area contributed by atoms with Crippen molar-refractivity contribution in [2.24, 2.45) is 5.92 Å². The second-order valence-corrected chi connectivity index (χ2v) is 8.76. The van der Waals surface area contributed by atoms with E-state index in [1.54, 1.807) is 0 Å². The van der Waals surface area contributed by atoms with Crippen LogP contribution in [0.15, 0.2) is 0 Å². The SMILES string of the molecule is CCCC[Si]1(Cl)OCC(CC)C(CCC)O1. The number of unbranched alkanes of at least 4 members (excludes halogenated alkanes) is 1. The Labute approximate surface area is 106 Å². The minimum atomic E-state index is -2.34. The summed E-state index contributed by atoms with van der Waals surface area (Å²) in [6.07, 6.45) is 6.02. The molecule has 1 saturated heterocycles. The highest BCUT2D eigenvalue weighted by Crippen LogP contribution is 2.33. The van der Waals surface area contributed by atoms with Gasteiger partial charge in [-0.15, -0.1) is 0 Å². The molecular formula is C12H25ClO2Si. The Morgan fingerprint density at radius 2 is 2.00 bits per heavy atom. The molecule has 0 aromatic rings. The molecule has 0 N–H and O–H groups in total. The van der Waals surface area contributed by atoms with Crippen LogP contribution < -0.4 is 0 Å². The lowest BCUT2D eigenvalue weighted by Gasteiger charge is -2.39. The average molecular weight is 265 g/mol. The molecule has 1 aliphatic rings. The lowest BCUT2D eigenvalue weighted by Crippen LogP contribution is -2.49. The summed E-state index contributed by atoms with van der Waals surface area (Å²) in [7, 11) is -2.34. The molecule has 1 fully saturated rings. The van der Waals surface area contributed by atoms with E-state index < -0.39 is 7.87 Å². The van der Waals surface area contributed by atoms with Crippen LogP contribution in [0.2, 0.25) is 6.04 Å². The van der Waals surface area contributed by atoms with E-state index in [0.717, 1.165) is 44.8 Å². The van der Waals surface area contributed by atoms with Crippen LogP contribution in [0, 0.1) is 5.92 Å². The summed E-state index contributed by atoms with van der Waals surface area (Å²) in [5.74, 6) is 0.543. The Bertz CT molecular complexity index is 203. The Kier molecular flexibility index (Phi) is 6.33. The van der Waals surface area contributed by atoms with Crippen LogP contribution in [0.25, 0.3) is 0 Å².